The van der Waals surface area contributed by atoms with E-state index >= 15 is 0 Å². The molecule has 4 fully saturated rings. The van der Waals surface area contributed by atoms with Gasteiger partial charge < -0.3 is 15.0 Å². The number of aliphatic hydroxyl groups excluding tert-OH is 1. The van der Waals surface area contributed by atoms with Gasteiger partial charge in [0.15, 0.2) is 5.13 Å². The first kappa shape index (κ1) is 21.8. The molecule has 4 aromatic rings. The SMILES string of the molecule is N#Cc1ccc2nc(NC3C4CC5CC3CC(C(O)CC3c6ccccc6-c6cncn63)(C5)C4)sc2c1. The third-order valence-corrected chi connectivity index (χ3v) is 10.8. The van der Waals surface area contributed by atoms with Gasteiger partial charge in [-0.25, -0.2) is 9.97 Å². The van der Waals surface area contributed by atoms with Crippen molar-refractivity contribution < 1.29 is 5.11 Å². The number of imidazole rings is 1. The van der Waals surface area contributed by atoms with E-state index < -0.39 is 0 Å². The molecule has 4 saturated carbocycles. The molecule has 2 aromatic heterocycles. The number of benzene rings is 2. The van der Waals surface area contributed by atoms with Gasteiger partial charge in [0.1, 0.15) is 0 Å². The van der Waals surface area contributed by atoms with Crippen molar-refractivity contribution in [3.63, 3.8) is 0 Å². The minimum atomic E-state index is -0.320. The van der Waals surface area contributed by atoms with Crippen LogP contribution in [0.15, 0.2) is 55.0 Å². The molecular weight excluding hydrogens is 478 g/mol. The highest BCUT2D eigenvalue weighted by Gasteiger charge is 2.58. The van der Waals surface area contributed by atoms with Gasteiger partial charge in [0.2, 0.25) is 0 Å². The molecule has 3 heterocycles. The molecule has 4 atom stereocenters. The fraction of sp³-hybridized carbons (Fsp3) is 0.433. The van der Waals surface area contributed by atoms with E-state index in [2.05, 4.69) is 45.2 Å². The predicted octanol–water partition coefficient (Wildman–Crippen LogP) is 5.99. The summed E-state index contributed by atoms with van der Waals surface area (Å²) in [5, 5.41) is 25.9. The van der Waals surface area contributed by atoms with Crippen molar-refractivity contribution in [2.45, 2.75) is 56.7 Å². The second kappa shape index (κ2) is 7.89. The van der Waals surface area contributed by atoms with Crippen molar-refractivity contribution in [2.24, 2.45) is 23.2 Å². The minimum absolute atomic E-state index is 0.0161. The molecule has 37 heavy (non-hydrogen) atoms. The maximum absolute atomic E-state index is 11.9. The number of thiazole rings is 1. The molecule has 4 aliphatic carbocycles. The molecule has 186 valence electrons. The molecule has 0 spiro atoms. The van der Waals surface area contributed by atoms with Gasteiger partial charge in [-0.3, -0.25) is 0 Å². The Hall–Kier alpha value is -3.21. The van der Waals surface area contributed by atoms with Crippen molar-refractivity contribution in [3.8, 4) is 17.3 Å². The predicted molar refractivity (Wildman–Crippen MR) is 144 cm³/mol. The highest BCUT2D eigenvalue weighted by atomic mass is 32.1. The van der Waals surface area contributed by atoms with Crippen LogP contribution in [0.3, 0.4) is 0 Å². The Morgan fingerprint density at radius 3 is 2.84 bits per heavy atom. The molecular formula is C30H29N5OS. The van der Waals surface area contributed by atoms with Crippen molar-refractivity contribution in [1.29, 1.82) is 5.26 Å². The number of fused-ring (bicyclic) bond motifs is 4. The molecule has 1 aliphatic heterocycles. The fourth-order valence-electron chi connectivity index (χ4n) is 8.56. The minimum Gasteiger partial charge on any atom is -0.392 e. The summed E-state index contributed by atoms with van der Waals surface area (Å²) in [5.41, 5.74) is 5.39. The standard InChI is InChI=1S/C30H29N5OS/c31-14-17-5-6-23-26(9-17)37-29(33-23)34-28-19-7-18-8-20(28)13-30(11-18,12-19)27(36)10-24-21-3-1-2-4-22(21)25-15-32-16-35(24)25/h1-6,9,15-16,18-20,24,27-28,36H,7-8,10-13H2,(H,33,34). The van der Waals surface area contributed by atoms with Crippen LogP contribution in [0.5, 0.6) is 0 Å². The average Bonchev–Trinajstić information content (AvgIpc) is 3.61. The van der Waals surface area contributed by atoms with Gasteiger partial charge in [-0.1, -0.05) is 35.6 Å². The third kappa shape index (κ3) is 3.25. The number of anilines is 1. The smallest absolute Gasteiger partial charge is 0.184 e. The van der Waals surface area contributed by atoms with Crippen LogP contribution in [-0.2, 0) is 0 Å². The maximum atomic E-state index is 11.9. The van der Waals surface area contributed by atoms with Gasteiger partial charge in [-0.05, 0) is 85.5 Å². The average molecular weight is 508 g/mol. The first-order valence-electron chi connectivity index (χ1n) is 13.5. The highest BCUT2D eigenvalue weighted by Crippen LogP contribution is 2.63. The number of nitrogens with zero attached hydrogens (tertiary/aromatic N) is 4. The number of aromatic nitrogens is 3. The number of rotatable bonds is 5. The van der Waals surface area contributed by atoms with Crippen LogP contribution >= 0.6 is 11.3 Å². The summed E-state index contributed by atoms with van der Waals surface area (Å²) >= 11 is 1.65. The van der Waals surface area contributed by atoms with Crippen molar-refractivity contribution >= 4 is 26.7 Å². The van der Waals surface area contributed by atoms with E-state index in [1.165, 1.54) is 29.7 Å². The quantitative estimate of drug-likeness (QED) is 0.346. The maximum Gasteiger partial charge on any atom is 0.184 e. The van der Waals surface area contributed by atoms with E-state index in [1.54, 1.807) is 11.3 Å². The molecule has 7 heteroatoms. The largest absolute Gasteiger partial charge is 0.392 e. The number of hydrogen-bond acceptors (Lipinski definition) is 6. The van der Waals surface area contributed by atoms with E-state index in [-0.39, 0.29) is 17.6 Å². The first-order valence-corrected chi connectivity index (χ1v) is 14.3. The van der Waals surface area contributed by atoms with Crippen LogP contribution in [0.4, 0.5) is 5.13 Å². The topological polar surface area (TPSA) is 86.8 Å². The lowest BCUT2D eigenvalue weighted by Gasteiger charge is -2.61. The highest BCUT2D eigenvalue weighted by molar-refractivity contribution is 7.22. The van der Waals surface area contributed by atoms with Gasteiger partial charge in [0, 0.05) is 11.6 Å². The van der Waals surface area contributed by atoms with Gasteiger partial charge >= 0.3 is 0 Å². The summed E-state index contributed by atoms with van der Waals surface area (Å²) in [6.07, 6.45) is 10.2. The first-order chi connectivity index (χ1) is 18.1. The zero-order chi connectivity index (χ0) is 24.7. The molecule has 4 bridgehead atoms. The van der Waals surface area contributed by atoms with Crippen LogP contribution in [0.2, 0.25) is 0 Å². The lowest BCUT2D eigenvalue weighted by Crippen LogP contribution is -2.59. The normalized spacial score (nSPS) is 31.7. The number of nitriles is 1. The molecule has 0 saturated heterocycles. The van der Waals surface area contributed by atoms with Crippen LogP contribution in [0, 0.1) is 34.5 Å². The van der Waals surface area contributed by atoms with Crippen LogP contribution in [0.25, 0.3) is 21.5 Å². The molecule has 9 rings (SSSR count). The third-order valence-electron chi connectivity index (χ3n) is 9.88. The van der Waals surface area contributed by atoms with Crippen LogP contribution in [0.1, 0.15) is 55.7 Å². The van der Waals surface area contributed by atoms with Crippen molar-refractivity contribution in [2.75, 3.05) is 5.32 Å². The Bertz CT molecular complexity index is 1550. The Kier molecular flexibility index (Phi) is 4.66. The van der Waals surface area contributed by atoms with Gasteiger partial charge in [0.25, 0.3) is 0 Å². The number of hydrogen-bond donors (Lipinski definition) is 2. The monoisotopic (exact) mass is 507 g/mol. The van der Waals surface area contributed by atoms with Crippen molar-refractivity contribution in [3.05, 3.63) is 66.1 Å². The Labute approximate surface area is 220 Å². The fourth-order valence-corrected chi connectivity index (χ4v) is 9.52. The summed E-state index contributed by atoms with van der Waals surface area (Å²) < 4.78 is 3.33. The van der Waals surface area contributed by atoms with Crippen LogP contribution < -0.4 is 5.32 Å². The molecule has 4 unspecified atom stereocenters. The zero-order valence-electron chi connectivity index (χ0n) is 20.5. The summed E-state index contributed by atoms with van der Waals surface area (Å²) in [6, 6.07) is 17.1. The summed E-state index contributed by atoms with van der Waals surface area (Å²) in [6.45, 7) is 0. The summed E-state index contributed by atoms with van der Waals surface area (Å²) in [5.74, 6) is 1.86. The second-order valence-electron chi connectivity index (χ2n) is 11.9. The van der Waals surface area contributed by atoms with Gasteiger partial charge in [0.05, 0.1) is 52.2 Å². The molecule has 2 aromatic carbocycles. The zero-order valence-corrected chi connectivity index (χ0v) is 21.4. The van der Waals surface area contributed by atoms with Gasteiger partial charge in [-0.2, -0.15) is 5.26 Å². The van der Waals surface area contributed by atoms with E-state index in [0.717, 1.165) is 46.9 Å². The second-order valence-corrected chi connectivity index (χ2v) is 12.9. The Morgan fingerprint density at radius 1 is 1.16 bits per heavy atom. The Balaban J connectivity index is 1.04. The summed E-state index contributed by atoms with van der Waals surface area (Å²) in [7, 11) is 0. The summed E-state index contributed by atoms with van der Waals surface area (Å²) in [4.78, 5) is 9.26. The molecule has 6 nitrogen and oxygen atoms in total. The number of aliphatic hydroxyl groups is 1. The van der Waals surface area contributed by atoms with Crippen molar-refractivity contribution in [1.82, 2.24) is 14.5 Å². The molecule has 5 aliphatic rings. The lowest BCUT2D eigenvalue weighted by atomic mass is 9.46. The molecule has 2 N–H and O–H groups in total. The Morgan fingerprint density at radius 2 is 2.00 bits per heavy atom. The van der Waals surface area contributed by atoms with E-state index in [9.17, 15) is 10.4 Å². The lowest BCUT2D eigenvalue weighted by molar-refractivity contribution is -0.129. The van der Waals surface area contributed by atoms with Gasteiger partial charge in [-0.15, -0.1) is 0 Å². The van der Waals surface area contributed by atoms with E-state index in [4.69, 9.17) is 4.98 Å². The molecule has 0 amide bonds. The number of nitrogens with one attached hydrogen (secondary N) is 1. The van der Waals surface area contributed by atoms with Crippen LogP contribution in [-0.4, -0.2) is 31.8 Å². The molecule has 0 radical (unpaired) electrons. The van der Waals surface area contributed by atoms with E-state index in [1.807, 2.05) is 30.7 Å². The van der Waals surface area contributed by atoms with E-state index in [0.29, 0.717) is 23.4 Å².